The van der Waals surface area contributed by atoms with Crippen molar-refractivity contribution in [2.75, 3.05) is 0 Å². The minimum absolute atomic E-state index is 0.413. The van der Waals surface area contributed by atoms with Crippen LogP contribution in [0.15, 0.2) is 47.5 Å². The van der Waals surface area contributed by atoms with Crippen LogP contribution in [0.4, 0.5) is 0 Å². The van der Waals surface area contributed by atoms with Gasteiger partial charge in [-0.25, -0.2) is 9.67 Å². The number of ether oxygens (including phenoxy) is 1. The Hall–Kier alpha value is -3.22. The summed E-state index contributed by atoms with van der Waals surface area (Å²) in [5.74, 6) is 1.09. The summed E-state index contributed by atoms with van der Waals surface area (Å²) in [5, 5.41) is 8.84. The molecule has 3 aromatic heterocycles. The Balaban J connectivity index is 1.65. The molecule has 0 aliphatic carbocycles. The van der Waals surface area contributed by atoms with Crippen molar-refractivity contribution in [1.29, 1.82) is 0 Å². The van der Waals surface area contributed by atoms with Gasteiger partial charge in [-0.2, -0.15) is 10.1 Å². The van der Waals surface area contributed by atoms with Gasteiger partial charge in [0.15, 0.2) is 0 Å². The van der Waals surface area contributed by atoms with E-state index in [0.717, 1.165) is 11.3 Å². The van der Waals surface area contributed by atoms with Crippen LogP contribution in [0.1, 0.15) is 11.3 Å². The first-order valence-electron chi connectivity index (χ1n) is 7.07. The highest BCUT2D eigenvalue weighted by Gasteiger charge is 2.13. The molecule has 0 bridgehead atoms. The van der Waals surface area contributed by atoms with E-state index in [1.165, 1.54) is 6.33 Å². The second kappa shape index (κ2) is 5.20. The first-order chi connectivity index (χ1) is 11.2. The van der Waals surface area contributed by atoms with Gasteiger partial charge in [0.25, 0.3) is 5.71 Å². The van der Waals surface area contributed by atoms with Crippen LogP contribution in [0, 0.1) is 13.8 Å². The fourth-order valence-electron chi connectivity index (χ4n) is 2.30. The molecule has 0 aliphatic rings. The van der Waals surface area contributed by atoms with Crippen molar-refractivity contribution in [1.82, 2.24) is 24.9 Å². The van der Waals surface area contributed by atoms with Gasteiger partial charge in [-0.3, -0.25) is 0 Å². The highest BCUT2D eigenvalue weighted by molar-refractivity contribution is 5.81. The van der Waals surface area contributed by atoms with Crippen LogP contribution in [0.2, 0.25) is 0 Å². The topological polar surface area (TPSA) is 78.9 Å². The number of hydrogen-bond donors (Lipinski definition) is 0. The maximum atomic E-state index is 5.85. The fourth-order valence-corrected chi connectivity index (χ4v) is 2.30. The summed E-state index contributed by atoms with van der Waals surface area (Å²) >= 11 is 0. The van der Waals surface area contributed by atoms with Gasteiger partial charge in [0.2, 0.25) is 5.88 Å². The quantitative estimate of drug-likeness (QED) is 0.578. The van der Waals surface area contributed by atoms with E-state index < -0.39 is 0 Å². The van der Waals surface area contributed by atoms with Crippen molar-refractivity contribution in [2.24, 2.45) is 0 Å². The van der Waals surface area contributed by atoms with E-state index in [0.29, 0.717) is 28.4 Å². The molecule has 4 aromatic rings. The van der Waals surface area contributed by atoms with Crippen molar-refractivity contribution in [3.63, 3.8) is 0 Å². The van der Waals surface area contributed by atoms with Gasteiger partial charge in [0, 0.05) is 6.20 Å². The average molecular weight is 307 g/mol. The van der Waals surface area contributed by atoms with Crippen LogP contribution in [0.5, 0.6) is 11.6 Å². The Bertz CT molecular complexity index is 972. The fraction of sp³-hybridized carbons (Fsp3) is 0.125. The van der Waals surface area contributed by atoms with Gasteiger partial charge in [0.05, 0.1) is 17.6 Å². The summed E-state index contributed by atoms with van der Waals surface area (Å²) in [6.45, 7) is 3.83. The van der Waals surface area contributed by atoms with Gasteiger partial charge < -0.3 is 9.26 Å². The molecule has 0 radical (unpaired) electrons. The molecule has 1 aromatic carbocycles. The van der Waals surface area contributed by atoms with Crippen LogP contribution >= 0.6 is 0 Å². The largest absolute Gasteiger partial charge is 0.438 e. The van der Waals surface area contributed by atoms with Crippen molar-refractivity contribution in [2.45, 2.75) is 13.8 Å². The lowest BCUT2D eigenvalue weighted by Crippen LogP contribution is -1.95. The van der Waals surface area contributed by atoms with Crippen LogP contribution in [-0.2, 0) is 0 Å². The predicted molar refractivity (Wildman–Crippen MR) is 82.7 cm³/mol. The number of aromatic nitrogens is 5. The summed E-state index contributed by atoms with van der Waals surface area (Å²) in [6, 6.07) is 7.59. The van der Waals surface area contributed by atoms with Crippen molar-refractivity contribution < 1.29 is 9.26 Å². The molecule has 7 nitrogen and oxygen atoms in total. The third-order valence-corrected chi connectivity index (χ3v) is 3.44. The Kier molecular flexibility index (Phi) is 3.04. The number of nitrogens with zero attached hydrogens (tertiary/aromatic N) is 5. The third-order valence-electron chi connectivity index (χ3n) is 3.44. The lowest BCUT2D eigenvalue weighted by atomic mass is 10.3. The molecule has 0 unspecified atom stereocenters. The molecule has 7 heteroatoms. The monoisotopic (exact) mass is 307 g/mol. The number of rotatable bonds is 3. The highest BCUT2D eigenvalue weighted by Crippen LogP contribution is 2.29. The normalized spacial score (nSPS) is 11.0. The summed E-state index contributed by atoms with van der Waals surface area (Å²) in [4.78, 5) is 8.20. The Morgan fingerprint density at radius 2 is 1.91 bits per heavy atom. The zero-order valence-corrected chi connectivity index (χ0v) is 12.6. The maximum Gasteiger partial charge on any atom is 0.264 e. The molecule has 0 aliphatic heterocycles. The molecular formula is C16H13N5O2. The Morgan fingerprint density at radius 1 is 1.09 bits per heavy atom. The molecule has 0 saturated heterocycles. The van der Waals surface area contributed by atoms with E-state index in [9.17, 15) is 0 Å². The molecule has 0 atom stereocenters. The lowest BCUT2D eigenvalue weighted by molar-refractivity contribution is 0.440. The number of benzene rings is 1. The van der Waals surface area contributed by atoms with Crippen LogP contribution in [-0.4, -0.2) is 24.9 Å². The second-order valence-electron chi connectivity index (χ2n) is 5.19. The molecule has 3 heterocycles. The van der Waals surface area contributed by atoms with Gasteiger partial charge in [-0.1, -0.05) is 5.16 Å². The number of fused-ring (bicyclic) bond motifs is 1. The van der Waals surface area contributed by atoms with Gasteiger partial charge in [0.1, 0.15) is 17.5 Å². The van der Waals surface area contributed by atoms with Gasteiger partial charge >= 0.3 is 0 Å². The first kappa shape index (κ1) is 13.4. The van der Waals surface area contributed by atoms with E-state index in [2.05, 4.69) is 20.2 Å². The van der Waals surface area contributed by atoms with E-state index in [-0.39, 0.29) is 0 Å². The molecule has 114 valence electrons. The molecule has 0 saturated carbocycles. The summed E-state index contributed by atoms with van der Waals surface area (Å²) in [6.07, 6.45) is 5.17. The minimum Gasteiger partial charge on any atom is -0.438 e. The third kappa shape index (κ3) is 2.42. The van der Waals surface area contributed by atoms with E-state index >= 15 is 0 Å². The van der Waals surface area contributed by atoms with Crippen molar-refractivity contribution in [3.8, 4) is 17.3 Å². The standard InChI is InChI=1S/C16H13N5O2/c1-10-7-19-21(8-10)12-3-5-13(6-4-12)22-15-14-11(2)20-23-16(14)18-9-17-15/h3-9H,1-2H3. The lowest BCUT2D eigenvalue weighted by Gasteiger charge is -2.06. The molecule has 4 rings (SSSR count). The number of hydrogen-bond acceptors (Lipinski definition) is 6. The Morgan fingerprint density at radius 3 is 2.65 bits per heavy atom. The van der Waals surface area contributed by atoms with E-state index in [1.54, 1.807) is 0 Å². The molecule has 0 N–H and O–H groups in total. The molecular weight excluding hydrogens is 294 g/mol. The predicted octanol–water partition coefficient (Wildman–Crippen LogP) is 3.21. The molecule has 0 spiro atoms. The van der Waals surface area contributed by atoms with E-state index in [1.807, 2.05) is 55.2 Å². The summed E-state index contributed by atoms with van der Waals surface area (Å²) < 4.78 is 12.8. The maximum absolute atomic E-state index is 5.85. The molecule has 0 fully saturated rings. The average Bonchev–Trinajstić information content (AvgIpc) is 3.15. The van der Waals surface area contributed by atoms with E-state index in [4.69, 9.17) is 9.26 Å². The second-order valence-corrected chi connectivity index (χ2v) is 5.19. The zero-order valence-electron chi connectivity index (χ0n) is 12.6. The van der Waals surface area contributed by atoms with Crippen LogP contribution < -0.4 is 4.74 Å². The first-order valence-corrected chi connectivity index (χ1v) is 7.07. The number of aryl methyl sites for hydroxylation is 2. The molecule has 0 amide bonds. The SMILES string of the molecule is Cc1cnn(-c2ccc(Oc3ncnc4onc(C)c34)cc2)c1. The van der Waals surface area contributed by atoms with Gasteiger partial charge in [-0.15, -0.1) is 0 Å². The van der Waals surface area contributed by atoms with Gasteiger partial charge in [-0.05, 0) is 43.7 Å². The smallest absolute Gasteiger partial charge is 0.264 e. The van der Waals surface area contributed by atoms with Crippen molar-refractivity contribution in [3.05, 3.63) is 54.2 Å². The Labute approximate surface area is 131 Å². The summed E-state index contributed by atoms with van der Waals surface area (Å²) in [7, 11) is 0. The molecule has 23 heavy (non-hydrogen) atoms. The zero-order chi connectivity index (χ0) is 15.8. The van der Waals surface area contributed by atoms with Crippen LogP contribution in [0.25, 0.3) is 16.8 Å². The van der Waals surface area contributed by atoms with Crippen LogP contribution in [0.3, 0.4) is 0 Å². The highest BCUT2D eigenvalue weighted by atomic mass is 16.5. The van der Waals surface area contributed by atoms with Crippen molar-refractivity contribution >= 4 is 11.1 Å². The minimum atomic E-state index is 0.413. The summed E-state index contributed by atoms with van der Waals surface area (Å²) in [5.41, 5.74) is 3.17.